The molecule has 1 fully saturated rings. The first kappa shape index (κ1) is 21.6. The van der Waals surface area contributed by atoms with Gasteiger partial charge in [0.1, 0.15) is 6.04 Å². The molecule has 0 aromatic rings. The maximum absolute atomic E-state index is 11.1. The van der Waals surface area contributed by atoms with E-state index in [1.54, 1.807) is 0 Å². The van der Waals surface area contributed by atoms with Crippen LogP contribution >= 0.6 is 0 Å². The van der Waals surface area contributed by atoms with Crippen molar-refractivity contribution in [2.24, 2.45) is 11.7 Å². The molecule has 0 radical (unpaired) electrons. The molecule has 7 heteroatoms. The van der Waals surface area contributed by atoms with Crippen molar-refractivity contribution in [3.8, 4) is 0 Å². The average Bonchev–Trinajstić information content (AvgIpc) is 2.64. The maximum atomic E-state index is 11.1. The minimum Gasteiger partial charge on any atom is -0.480 e. The zero-order chi connectivity index (χ0) is 18.7. The highest BCUT2D eigenvalue weighted by Gasteiger charge is 2.19. The molecule has 25 heavy (non-hydrogen) atoms. The van der Waals surface area contributed by atoms with E-state index in [-0.39, 0.29) is 6.54 Å². The number of hydrogen-bond acceptors (Lipinski definition) is 5. The Morgan fingerprint density at radius 3 is 2.40 bits per heavy atom. The molecule has 2 unspecified atom stereocenters. The van der Waals surface area contributed by atoms with Crippen molar-refractivity contribution in [2.75, 3.05) is 39.3 Å². The number of carboxylic acids is 2. The van der Waals surface area contributed by atoms with E-state index in [1.807, 2.05) is 11.0 Å². The topological polar surface area (TPSA) is 107 Å². The second-order valence-corrected chi connectivity index (χ2v) is 6.91. The largest absolute Gasteiger partial charge is 0.480 e. The lowest BCUT2D eigenvalue weighted by Crippen LogP contribution is -2.38. The van der Waals surface area contributed by atoms with Gasteiger partial charge < -0.3 is 20.8 Å². The van der Waals surface area contributed by atoms with Crippen LogP contribution < -0.4 is 5.73 Å². The summed E-state index contributed by atoms with van der Waals surface area (Å²) in [5.74, 6) is -1.18. The minimum absolute atomic E-state index is 0.0753. The standard InChI is InChI=1S/C18H33N3O4/c1-2-3-5-15-7-10-20(9-4-6-16(19)18(24)25)12-13-21(11-8-15)14-17(22)23/h2,15-16H,1,3-14,19H2,(H,22,23)(H,24,25). The predicted octanol–water partition coefficient (Wildman–Crippen LogP) is 1.24. The maximum Gasteiger partial charge on any atom is 0.320 e. The van der Waals surface area contributed by atoms with Gasteiger partial charge >= 0.3 is 11.9 Å². The van der Waals surface area contributed by atoms with Gasteiger partial charge in [-0.25, -0.2) is 0 Å². The summed E-state index contributed by atoms with van der Waals surface area (Å²) in [4.78, 5) is 26.2. The van der Waals surface area contributed by atoms with Crippen LogP contribution in [-0.2, 0) is 9.59 Å². The summed E-state index contributed by atoms with van der Waals surface area (Å²) in [6.07, 6.45) is 7.30. The smallest absolute Gasteiger partial charge is 0.320 e. The van der Waals surface area contributed by atoms with Crippen molar-refractivity contribution in [3.63, 3.8) is 0 Å². The number of aliphatic carboxylic acids is 2. The Morgan fingerprint density at radius 1 is 1.16 bits per heavy atom. The Kier molecular flexibility index (Phi) is 10.4. The number of rotatable bonds is 10. The van der Waals surface area contributed by atoms with Gasteiger partial charge in [0.15, 0.2) is 0 Å². The van der Waals surface area contributed by atoms with Crippen molar-refractivity contribution < 1.29 is 19.8 Å². The molecule has 0 aliphatic carbocycles. The second kappa shape index (κ2) is 12.0. The van der Waals surface area contributed by atoms with Crippen LogP contribution in [0.3, 0.4) is 0 Å². The van der Waals surface area contributed by atoms with Gasteiger partial charge in [-0.3, -0.25) is 14.5 Å². The fourth-order valence-electron chi connectivity index (χ4n) is 3.25. The zero-order valence-electron chi connectivity index (χ0n) is 15.1. The van der Waals surface area contributed by atoms with Crippen molar-refractivity contribution in [3.05, 3.63) is 12.7 Å². The molecule has 0 amide bonds. The first-order chi connectivity index (χ1) is 11.9. The van der Waals surface area contributed by atoms with Crippen molar-refractivity contribution in [2.45, 2.75) is 44.6 Å². The third-order valence-electron chi connectivity index (χ3n) is 4.88. The van der Waals surface area contributed by atoms with Gasteiger partial charge in [0, 0.05) is 13.1 Å². The quantitative estimate of drug-likeness (QED) is 0.506. The Morgan fingerprint density at radius 2 is 1.80 bits per heavy atom. The molecule has 1 heterocycles. The molecule has 0 spiro atoms. The van der Waals surface area contributed by atoms with E-state index in [0.29, 0.717) is 12.3 Å². The second-order valence-electron chi connectivity index (χ2n) is 6.91. The summed E-state index contributed by atoms with van der Waals surface area (Å²) in [5.41, 5.74) is 5.57. The van der Waals surface area contributed by atoms with Gasteiger partial charge in [-0.05, 0) is 64.1 Å². The van der Waals surface area contributed by atoms with Gasteiger partial charge in [0.25, 0.3) is 0 Å². The average molecular weight is 355 g/mol. The Hall–Kier alpha value is -1.44. The number of nitrogens with zero attached hydrogens (tertiary/aromatic N) is 2. The van der Waals surface area contributed by atoms with E-state index < -0.39 is 18.0 Å². The summed E-state index contributed by atoms with van der Waals surface area (Å²) < 4.78 is 0. The zero-order valence-corrected chi connectivity index (χ0v) is 15.1. The van der Waals surface area contributed by atoms with Crippen molar-refractivity contribution in [1.29, 1.82) is 0 Å². The molecule has 1 saturated heterocycles. The first-order valence-electron chi connectivity index (χ1n) is 9.18. The fraction of sp³-hybridized carbons (Fsp3) is 0.778. The van der Waals surface area contributed by atoms with E-state index in [4.69, 9.17) is 15.9 Å². The van der Waals surface area contributed by atoms with Crippen molar-refractivity contribution in [1.82, 2.24) is 9.80 Å². The highest BCUT2D eigenvalue weighted by atomic mass is 16.4. The van der Waals surface area contributed by atoms with E-state index in [0.717, 1.165) is 64.8 Å². The third-order valence-corrected chi connectivity index (χ3v) is 4.88. The van der Waals surface area contributed by atoms with Crippen LogP contribution in [0.2, 0.25) is 0 Å². The number of carboxylic acid groups (broad SMARTS) is 2. The highest BCUT2D eigenvalue weighted by molar-refractivity contribution is 5.72. The summed E-state index contributed by atoms with van der Waals surface area (Å²) >= 11 is 0. The van der Waals surface area contributed by atoms with Crippen molar-refractivity contribution >= 4 is 11.9 Å². The molecule has 0 aromatic carbocycles. The third kappa shape index (κ3) is 9.57. The number of allylic oxidation sites excluding steroid dienone is 1. The van der Waals surface area contributed by atoms with Crippen LogP contribution in [0.25, 0.3) is 0 Å². The number of carbonyl (C=O) groups is 2. The van der Waals surface area contributed by atoms with Crippen LogP contribution in [0.15, 0.2) is 12.7 Å². The molecule has 0 saturated carbocycles. The molecular formula is C18H33N3O4. The van der Waals surface area contributed by atoms with Gasteiger partial charge in [-0.2, -0.15) is 0 Å². The molecular weight excluding hydrogens is 322 g/mol. The molecule has 2 atom stereocenters. The molecule has 7 nitrogen and oxygen atoms in total. The molecule has 0 aromatic heterocycles. The van der Waals surface area contributed by atoms with Gasteiger partial charge in [-0.1, -0.05) is 6.08 Å². The van der Waals surface area contributed by atoms with Crippen LogP contribution in [0, 0.1) is 5.92 Å². The van der Waals surface area contributed by atoms with Gasteiger partial charge in [0.2, 0.25) is 0 Å². The molecule has 1 aliphatic heterocycles. The van der Waals surface area contributed by atoms with E-state index >= 15 is 0 Å². The van der Waals surface area contributed by atoms with Crippen LogP contribution in [0.5, 0.6) is 0 Å². The molecule has 1 rings (SSSR count). The Bertz CT molecular complexity index is 431. The molecule has 1 aliphatic rings. The lowest BCUT2D eigenvalue weighted by Gasteiger charge is -2.25. The highest BCUT2D eigenvalue weighted by Crippen LogP contribution is 2.19. The van der Waals surface area contributed by atoms with Crippen LogP contribution in [-0.4, -0.2) is 77.3 Å². The van der Waals surface area contributed by atoms with Gasteiger partial charge in [-0.15, -0.1) is 6.58 Å². The molecule has 0 bridgehead atoms. The predicted molar refractivity (Wildman–Crippen MR) is 97.5 cm³/mol. The summed E-state index contributed by atoms with van der Waals surface area (Å²) in [6.45, 7) is 7.98. The SMILES string of the molecule is C=CCCC1CCN(CCCC(N)C(=O)O)CCN(CC(=O)O)CC1. The monoisotopic (exact) mass is 355 g/mol. The van der Waals surface area contributed by atoms with E-state index in [9.17, 15) is 9.59 Å². The minimum atomic E-state index is -0.957. The Labute approximate surface area is 150 Å². The van der Waals surface area contributed by atoms with Crippen LogP contribution in [0.1, 0.15) is 38.5 Å². The first-order valence-corrected chi connectivity index (χ1v) is 9.18. The number of nitrogens with two attached hydrogens (primary N) is 1. The summed E-state index contributed by atoms with van der Waals surface area (Å²) in [6, 6.07) is -0.804. The molecule has 4 N–H and O–H groups in total. The lowest BCUT2D eigenvalue weighted by atomic mass is 9.95. The Balaban J connectivity index is 2.56. The van der Waals surface area contributed by atoms with E-state index in [2.05, 4.69) is 11.5 Å². The number of hydrogen-bond donors (Lipinski definition) is 3. The van der Waals surface area contributed by atoms with E-state index in [1.165, 1.54) is 0 Å². The summed E-state index contributed by atoms with van der Waals surface area (Å²) in [5, 5.41) is 18.0. The summed E-state index contributed by atoms with van der Waals surface area (Å²) in [7, 11) is 0. The lowest BCUT2D eigenvalue weighted by molar-refractivity contribution is -0.139. The fourth-order valence-corrected chi connectivity index (χ4v) is 3.25. The van der Waals surface area contributed by atoms with Gasteiger partial charge in [0.05, 0.1) is 6.54 Å². The van der Waals surface area contributed by atoms with Crippen LogP contribution in [0.4, 0.5) is 0 Å². The molecule has 144 valence electrons. The normalized spacial score (nSPS) is 21.7.